The maximum Gasteiger partial charge on any atom is -0.00183 e. The highest BCUT2D eigenvalue weighted by Gasteiger charge is 2.39. The molecule has 3 unspecified atom stereocenters. The molecule has 0 spiro atoms. The molecule has 0 aromatic heterocycles. The molecule has 2 radical (unpaired) electrons. The normalized spacial score (nSPS) is 22.0. The van der Waals surface area contributed by atoms with Gasteiger partial charge >= 0.3 is 0 Å². The van der Waals surface area contributed by atoms with E-state index in [1.54, 1.807) is 5.92 Å². The largest absolute Gasteiger partial charge is 0.0799 e. The van der Waals surface area contributed by atoms with Crippen LogP contribution in [0.3, 0.4) is 0 Å². The molecule has 1 aliphatic carbocycles. The summed E-state index contributed by atoms with van der Waals surface area (Å²) in [5, 5.41) is 0. The van der Waals surface area contributed by atoms with Gasteiger partial charge in [0.25, 0.3) is 0 Å². The summed E-state index contributed by atoms with van der Waals surface area (Å²) in [7, 11) is 0. The molecule has 0 heterocycles. The Labute approximate surface area is 159 Å². The molecule has 0 heteroatoms. The Hall–Kier alpha value is -2.08. The van der Waals surface area contributed by atoms with Crippen LogP contribution in [0.1, 0.15) is 44.2 Å². The first kappa shape index (κ1) is 18.7. The Morgan fingerprint density at radius 1 is 0.962 bits per heavy atom. The van der Waals surface area contributed by atoms with Crippen molar-refractivity contribution in [1.82, 2.24) is 0 Å². The summed E-state index contributed by atoms with van der Waals surface area (Å²) in [5.74, 6) is 2.65. The maximum absolute atomic E-state index is 4.55. The van der Waals surface area contributed by atoms with Crippen molar-refractivity contribution in [3.8, 4) is 0 Å². The number of allylic oxidation sites excluding steroid dienone is 2. The third-order valence-electron chi connectivity index (χ3n) is 5.81. The summed E-state index contributed by atoms with van der Waals surface area (Å²) >= 11 is 0. The molecule has 0 N–H and O–H groups in total. The molecule has 0 nitrogen and oxygen atoms in total. The van der Waals surface area contributed by atoms with E-state index in [0.717, 1.165) is 5.92 Å². The Kier molecular flexibility index (Phi) is 6.14. The lowest BCUT2D eigenvalue weighted by Crippen LogP contribution is -2.28. The quantitative estimate of drug-likeness (QED) is 0.518. The molecule has 0 amide bonds. The van der Waals surface area contributed by atoms with Gasteiger partial charge in [-0.2, -0.15) is 0 Å². The van der Waals surface area contributed by atoms with E-state index in [9.17, 15) is 0 Å². The maximum atomic E-state index is 4.55. The number of benzene rings is 2. The van der Waals surface area contributed by atoms with Gasteiger partial charge in [-0.05, 0) is 54.1 Å². The predicted molar refractivity (Wildman–Crippen MR) is 114 cm³/mol. The van der Waals surface area contributed by atoms with Crippen LogP contribution in [0.2, 0.25) is 0 Å². The minimum absolute atomic E-state index is 0.00805. The smallest absolute Gasteiger partial charge is 0.00183 e. The Bertz CT molecular complexity index is 725. The first-order chi connectivity index (χ1) is 12.6. The fraction of sp³-hybridized carbons (Fsp3) is 0.308. The monoisotopic (exact) mass is 342 g/mol. The van der Waals surface area contributed by atoms with Gasteiger partial charge in [-0.1, -0.05) is 105 Å². The SMILES string of the molecule is [CH2]C(C=Cc1ccccc1)C(C)(C=Cc1ccccc1)[C]1CCC(C)C1. The minimum atomic E-state index is -0.00805. The molecule has 1 saturated carbocycles. The van der Waals surface area contributed by atoms with Gasteiger partial charge in [0.1, 0.15) is 0 Å². The van der Waals surface area contributed by atoms with Crippen molar-refractivity contribution >= 4 is 12.2 Å². The van der Waals surface area contributed by atoms with Gasteiger partial charge in [-0.15, -0.1) is 0 Å². The third-order valence-corrected chi connectivity index (χ3v) is 5.81. The van der Waals surface area contributed by atoms with Crippen molar-refractivity contribution in [2.45, 2.75) is 33.1 Å². The van der Waals surface area contributed by atoms with E-state index in [1.165, 1.54) is 30.4 Å². The molecule has 1 aliphatic rings. The number of hydrogen-bond acceptors (Lipinski definition) is 0. The van der Waals surface area contributed by atoms with Crippen LogP contribution in [-0.4, -0.2) is 0 Å². The average Bonchev–Trinajstić information content (AvgIpc) is 3.13. The molecule has 0 saturated heterocycles. The van der Waals surface area contributed by atoms with Crippen molar-refractivity contribution < 1.29 is 0 Å². The van der Waals surface area contributed by atoms with Crippen LogP contribution in [0, 0.1) is 30.1 Å². The van der Waals surface area contributed by atoms with Gasteiger partial charge in [-0.25, -0.2) is 0 Å². The molecule has 2 aromatic rings. The summed E-state index contributed by atoms with van der Waals surface area (Å²) in [6.45, 7) is 9.28. The summed E-state index contributed by atoms with van der Waals surface area (Å²) in [6.07, 6.45) is 12.9. The first-order valence-corrected chi connectivity index (χ1v) is 9.74. The van der Waals surface area contributed by atoms with Crippen LogP contribution in [0.4, 0.5) is 0 Å². The van der Waals surface area contributed by atoms with Crippen LogP contribution in [0.15, 0.2) is 72.8 Å². The van der Waals surface area contributed by atoms with Crippen molar-refractivity contribution in [2.75, 3.05) is 0 Å². The van der Waals surface area contributed by atoms with Crippen LogP contribution in [-0.2, 0) is 0 Å². The molecule has 0 bridgehead atoms. The zero-order valence-corrected chi connectivity index (χ0v) is 16.1. The zero-order valence-electron chi connectivity index (χ0n) is 16.1. The van der Waals surface area contributed by atoms with Gasteiger partial charge in [0.15, 0.2) is 0 Å². The lowest BCUT2D eigenvalue weighted by Gasteiger charge is -2.37. The van der Waals surface area contributed by atoms with E-state index in [0.29, 0.717) is 0 Å². The van der Waals surface area contributed by atoms with Crippen molar-refractivity contribution in [2.24, 2.45) is 17.3 Å². The Morgan fingerprint density at radius 2 is 1.54 bits per heavy atom. The van der Waals surface area contributed by atoms with Gasteiger partial charge in [0.05, 0.1) is 0 Å². The first-order valence-electron chi connectivity index (χ1n) is 9.74. The highest BCUT2D eigenvalue weighted by atomic mass is 14.4. The molecule has 3 atom stereocenters. The minimum Gasteiger partial charge on any atom is -0.0799 e. The summed E-state index contributed by atoms with van der Waals surface area (Å²) in [6, 6.07) is 21.1. The van der Waals surface area contributed by atoms with E-state index < -0.39 is 0 Å². The summed E-state index contributed by atoms with van der Waals surface area (Å²) < 4.78 is 0. The number of hydrogen-bond donors (Lipinski definition) is 0. The van der Waals surface area contributed by atoms with E-state index in [4.69, 9.17) is 0 Å². The van der Waals surface area contributed by atoms with E-state index >= 15 is 0 Å². The second-order valence-corrected chi connectivity index (χ2v) is 7.85. The van der Waals surface area contributed by atoms with Crippen molar-refractivity contribution in [1.29, 1.82) is 0 Å². The average molecular weight is 343 g/mol. The number of rotatable bonds is 6. The van der Waals surface area contributed by atoms with E-state index in [2.05, 4.69) is 106 Å². The van der Waals surface area contributed by atoms with Crippen molar-refractivity contribution in [3.63, 3.8) is 0 Å². The van der Waals surface area contributed by atoms with Gasteiger partial charge in [-0.3, -0.25) is 0 Å². The van der Waals surface area contributed by atoms with Gasteiger partial charge < -0.3 is 0 Å². The lowest BCUT2D eigenvalue weighted by atomic mass is 9.67. The Balaban J connectivity index is 1.84. The van der Waals surface area contributed by atoms with Crippen LogP contribution >= 0.6 is 0 Å². The molecule has 3 rings (SSSR count). The van der Waals surface area contributed by atoms with E-state index in [1.807, 2.05) is 0 Å². The van der Waals surface area contributed by atoms with Gasteiger partial charge in [0.2, 0.25) is 0 Å². The zero-order chi connectivity index (χ0) is 18.4. The van der Waals surface area contributed by atoms with Crippen LogP contribution < -0.4 is 0 Å². The summed E-state index contributed by atoms with van der Waals surface area (Å²) in [4.78, 5) is 0. The van der Waals surface area contributed by atoms with Gasteiger partial charge in [0, 0.05) is 0 Å². The fourth-order valence-electron chi connectivity index (χ4n) is 3.86. The predicted octanol–water partition coefficient (Wildman–Crippen LogP) is 7.26. The Morgan fingerprint density at radius 3 is 2.08 bits per heavy atom. The topological polar surface area (TPSA) is 0 Å². The molecular formula is C26H30. The van der Waals surface area contributed by atoms with Crippen molar-refractivity contribution in [3.05, 3.63) is 96.8 Å². The molecule has 0 aliphatic heterocycles. The molecule has 2 aromatic carbocycles. The third kappa shape index (κ3) is 4.55. The standard InChI is InChI=1S/C26H30/c1-21-14-17-25(20-21)26(3,19-18-24-12-8-5-9-13-24)22(2)15-16-23-10-6-4-7-11-23/h4-13,15-16,18-19,21-22H,2,14,17,20H2,1,3H3. The summed E-state index contributed by atoms with van der Waals surface area (Å²) in [5.41, 5.74) is 2.48. The fourth-order valence-corrected chi connectivity index (χ4v) is 3.86. The second-order valence-electron chi connectivity index (χ2n) is 7.85. The van der Waals surface area contributed by atoms with Crippen LogP contribution in [0.5, 0.6) is 0 Å². The molecule has 1 fully saturated rings. The molecule has 134 valence electrons. The van der Waals surface area contributed by atoms with E-state index in [-0.39, 0.29) is 11.3 Å². The molecular weight excluding hydrogens is 312 g/mol. The highest BCUT2D eigenvalue weighted by Crippen LogP contribution is 2.50. The second kappa shape index (κ2) is 8.54. The highest BCUT2D eigenvalue weighted by molar-refractivity contribution is 5.53. The lowest BCUT2D eigenvalue weighted by molar-refractivity contribution is 0.356. The molecule has 26 heavy (non-hydrogen) atoms. The van der Waals surface area contributed by atoms with Crippen LogP contribution in [0.25, 0.3) is 12.2 Å².